The van der Waals surface area contributed by atoms with E-state index in [1.54, 1.807) is 7.11 Å². The minimum absolute atomic E-state index is 0.0924. The van der Waals surface area contributed by atoms with E-state index >= 15 is 0 Å². The van der Waals surface area contributed by atoms with Crippen LogP contribution in [0.1, 0.15) is 64.5 Å². The minimum atomic E-state index is 0.0924. The van der Waals surface area contributed by atoms with E-state index in [2.05, 4.69) is 51.2 Å². The summed E-state index contributed by atoms with van der Waals surface area (Å²) in [5, 5.41) is 15.1. The van der Waals surface area contributed by atoms with Gasteiger partial charge in [0, 0.05) is 23.2 Å². The number of hydrogen-bond donors (Lipinski definition) is 2. The van der Waals surface area contributed by atoms with Gasteiger partial charge in [0.15, 0.2) is 11.5 Å². The van der Waals surface area contributed by atoms with Gasteiger partial charge in [-0.15, -0.1) is 0 Å². The molecule has 0 aromatic heterocycles. The van der Waals surface area contributed by atoms with Crippen molar-refractivity contribution >= 4 is 11.6 Å². The van der Waals surface area contributed by atoms with Crippen LogP contribution in [0.4, 0.5) is 0 Å². The maximum Gasteiger partial charge on any atom is 0.165 e. The zero-order valence-corrected chi connectivity index (χ0v) is 21.5. The maximum atomic E-state index is 10.8. The monoisotopic (exact) mass is 461 g/mol. The summed E-state index contributed by atoms with van der Waals surface area (Å²) in [6.45, 7) is 11.1. The lowest BCUT2D eigenvalue weighted by atomic mass is 9.60. The van der Waals surface area contributed by atoms with Gasteiger partial charge < -0.3 is 19.9 Å². The normalized spacial score (nSPS) is 28.9. The van der Waals surface area contributed by atoms with Crippen molar-refractivity contribution in [2.75, 3.05) is 14.2 Å². The molecule has 0 spiro atoms. The van der Waals surface area contributed by atoms with Crippen LogP contribution >= 0.6 is 11.6 Å². The van der Waals surface area contributed by atoms with Gasteiger partial charge in [-0.25, -0.2) is 0 Å². The summed E-state index contributed by atoms with van der Waals surface area (Å²) in [4.78, 5) is 0. The van der Waals surface area contributed by atoms with Crippen molar-refractivity contribution in [3.05, 3.63) is 40.0 Å². The van der Waals surface area contributed by atoms with E-state index in [4.69, 9.17) is 21.1 Å². The molecule has 0 saturated heterocycles. The third-order valence-corrected chi connectivity index (χ3v) is 8.43. The Labute approximate surface area is 199 Å². The first kappa shape index (κ1) is 25.0. The van der Waals surface area contributed by atoms with Crippen molar-refractivity contribution < 1.29 is 14.6 Å². The molecule has 4 atom stereocenters. The molecule has 0 amide bonds. The molecule has 4 nitrogen and oxygen atoms in total. The average molecular weight is 462 g/mol. The van der Waals surface area contributed by atoms with E-state index in [1.807, 2.05) is 6.92 Å². The van der Waals surface area contributed by atoms with E-state index in [1.165, 1.54) is 32.8 Å². The fourth-order valence-corrected chi connectivity index (χ4v) is 5.37. The van der Waals surface area contributed by atoms with E-state index in [-0.39, 0.29) is 11.2 Å². The Morgan fingerprint density at radius 2 is 1.81 bits per heavy atom. The topological polar surface area (TPSA) is 50.7 Å². The predicted molar refractivity (Wildman–Crippen MR) is 133 cm³/mol. The summed E-state index contributed by atoms with van der Waals surface area (Å²) in [5.41, 5.74) is 2.62. The van der Waals surface area contributed by atoms with Gasteiger partial charge >= 0.3 is 0 Å². The summed E-state index contributed by atoms with van der Waals surface area (Å²) >= 11 is 6.48. The molecule has 2 fully saturated rings. The molecule has 32 heavy (non-hydrogen) atoms. The second kappa shape index (κ2) is 10.1. The molecule has 2 aliphatic carbocycles. The average Bonchev–Trinajstić information content (AvgIpc) is 3.59. The van der Waals surface area contributed by atoms with Crippen molar-refractivity contribution in [2.24, 2.45) is 17.3 Å². The fraction of sp³-hybridized carbons (Fsp3) is 0.630. The zero-order chi connectivity index (χ0) is 23.6. The number of ether oxygens (including phenoxy) is 2. The highest BCUT2D eigenvalue weighted by atomic mass is 35.5. The van der Waals surface area contributed by atoms with Crippen molar-refractivity contribution in [3.8, 4) is 17.2 Å². The van der Waals surface area contributed by atoms with Gasteiger partial charge in [0.25, 0.3) is 0 Å². The van der Waals surface area contributed by atoms with Crippen molar-refractivity contribution in [1.82, 2.24) is 5.32 Å². The number of rotatable bonds is 8. The van der Waals surface area contributed by atoms with E-state index < -0.39 is 0 Å². The van der Waals surface area contributed by atoms with Crippen LogP contribution < -0.4 is 14.8 Å². The second-order valence-electron chi connectivity index (χ2n) is 10.00. The van der Waals surface area contributed by atoms with Gasteiger partial charge in [0.2, 0.25) is 0 Å². The van der Waals surface area contributed by atoms with E-state index in [9.17, 15) is 5.11 Å². The van der Waals surface area contributed by atoms with Crippen molar-refractivity contribution in [1.29, 1.82) is 0 Å². The number of aromatic hydroxyl groups is 1. The molecule has 0 aliphatic heterocycles. The number of nitrogens with one attached hydrogen (secondary N) is 1. The third-order valence-electron chi connectivity index (χ3n) is 7.97. The van der Waals surface area contributed by atoms with Crippen LogP contribution in [0.2, 0.25) is 5.02 Å². The highest BCUT2D eigenvalue weighted by Crippen LogP contribution is 2.48. The molecule has 0 bridgehead atoms. The van der Waals surface area contributed by atoms with Gasteiger partial charge in [-0.2, -0.15) is 0 Å². The summed E-state index contributed by atoms with van der Waals surface area (Å²) in [6, 6.07) is 1.34. The highest BCUT2D eigenvalue weighted by molar-refractivity contribution is 6.33. The zero-order valence-electron chi connectivity index (χ0n) is 20.7. The van der Waals surface area contributed by atoms with Crippen LogP contribution in [0.25, 0.3) is 0 Å². The van der Waals surface area contributed by atoms with Gasteiger partial charge in [-0.3, -0.25) is 0 Å². The molecule has 0 heterocycles. The summed E-state index contributed by atoms with van der Waals surface area (Å²) in [6.07, 6.45) is 12.5. The van der Waals surface area contributed by atoms with E-state index in [0.717, 1.165) is 11.6 Å². The number of phenolic OH excluding ortho intramolecular Hbond substituents is 1. The number of allylic oxidation sites excluding steroid dienone is 4. The standard InChI is InChI=1S/C27H40ClNO3/c1-16(8-12-21-24(30)25(31-6)18(3)23(28)26(21)32-7)14-15-27(5)17(2)9-13-22(19(27)4)29-20-10-11-20/h8,14-15,17,19-20,22,29-30H,9-13H2,1-7H3/b15-14+,16-8+/t17-,19+,22?,27+/m1/s1. The number of phenols is 1. The maximum absolute atomic E-state index is 10.8. The lowest BCUT2D eigenvalue weighted by Gasteiger charge is -2.48. The van der Waals surface area contributed by atoms with Gasteiger partial charge in [-0.05, 0) is 63.2 Å². The van der Waals surface area contributed by atoms with Gasteiger partial charge in [-0.1, -0.05) is 56.2 Å². The molecule has 1 aromatic rings. The third kappa shape index (κ3) is 4.97. The summed E-state index contributed by atoms with van der Waals surface area (Å²) < 4.78 is 10.9. The van der Waals surface area contributed by atoms with Crippen LogP contribution in [-0.2, 0) is 6.42 Å². The first-order valence-corrected chi connectivity index (χ1v) is 12.3. The Bertz CT molecular complexity index is 890. The van der Waals surface area contributed by atoms with Crippen LogP contribution in [0.3, 0.4) is 0 Å². The van der Waals surface area contributed by atoms with Crippen LogP contribution in [0, 0.1) is 24.2 Å². The van der Waals surface area contributed by atoms with Crippen LogP contribution in [0.15, 0.2) is 23.8 Å². The molecule has 0 radical (unpaired) electrons. The Morgan fingerprint density at radius 3 is 2.41 bits per heavy atom. The SMILES string of the molecule is COc1c(C)c(Cl)c(OC)c(C/C=C(C)/C=C/[C@@]2(C)[C@H](C)CCC(NC3CC3)[C@@H]2C)c1O. The fourth-order valence-electron chi connectivity index (χ4n) is 5.09. The molecule has 1 aromatic carbocycles. The molecule has 2 aliphatic rings. The number of hydrogen-bond acceptors (Lipinski definition) is 4. The minimum Gasteiger partial charge on any atom is -0.504 e. The predicted octanol–water partition coefficient (Wildman–Crippen LogP) is 6.61. The molecule has 2 N–H and O–H groups in total. The molecular formula is C27H40ClNO3. The van der Waals surface area contributed by atoms with Gasteiger partial charge in [0.05, 0.1) is 19.2 Å². The number of benzene rings is 1. The van der Waals surface area contributed by atoms with E-state index in [0.29, 0.717) is 51.9 Å². The van der Waals surface area contributed by atoms with Crippen LogP contribution in [-0.4, -0.2) is 31.4 Å². The molecule has 5 heteroatoms. The number of halogens is 1. The van der Waals surface area contributed by atoms with Crippen LogP contribution in [0.5, 0.6) is 17.2 Å². The Kier molecular flexibility index (Phi) is 7.88. The number of methoxy groups -OCH3 is 2. The van der Waals surface area contributed by atoms with Crippen molar-refractivity contribution in [3.63, 3.8) is 0 Å². The Balaban J connectivity index is 1.80. The largest absolute Gasteiger partial charge is 0.504 e. The smallest absolute Gasteiger partial charge is 0.165 e. The van der Waals surface area contributed by atoms with Gasteiger partial charge in [0.1, 0.15) is 5.75 Å². The van der Waals surface area contributed by atoms with Crippen molar-refractivity contribution in [2.45, 2.75) is 78.8 Å². The molecule has 178 valence electrons. The highest BCUT2D eigenvalue weighted by Gasteiger charge is 2.43. The summed E-state index contributed by atoms with van der Waals surface area (Å²) in [7, 11) is 3.11. The molecule has 1 unspecified atom stereocenters. The molecule has 3 rings (SSSR count). The second-order valence-corrected chi connectivity index (χ2v) is 10.4. The summed E-state index contributed by atoms with van der Waals surface area (Å²) in [5.74, 6) is 2.23. The Hall–Kier alpha value is -1.65. The molecular weight excluding hydrogens is 422 g/mol. The molecule has 2 saturated carbocycles. The first-order valence-electron chi connectivity index (χ1n) is 11.9. The Morgan fingerprint density at radius 1 is 1.16 bits per heavy atom. The lowest BCUT2D eigenvalue weighted by Crippen LogP contribution is -2.49. The lowest BCUT2D eigenvalue weighted by molar-refractivity contribution is 0.0785. The quantitative estimate of drug-likeness (QED) is 0.427. The first-order chi connectivity index (χ1) is 15.1.